The average molecular weight is 141 g/mol. The molecular formula is C5H7NO2Si. The van der Waals surface area contributed by atoms with Gasteiger partial charge in [0.25, 0.3) is 0 Å². The summed E-state index contributed by atoms with van der Waals surface area (Å²) in [6.45, 7) is 0. The summed E-state index contributed by atoms with van der Waals surface area (Å²) in [4.78, 5) is 8.11. The lowest BCUT2D eigenvalue weighted by Gasteiger charge is -1.69. The highest BCUT2D eigenvalue weighted by atomic mass is 28.2. The molecule has 0 saturated carbocycles. The van der Waals surface area contributed by atoms with Gasteiger partial charge >= 0.3 is 0 Å². The standard InChI is InChI=1S/C5H6Si.HNO2/c1-2-4-6-5-3-1;2-1-3/h1-6H;(H,2,3). The maximum absolute atomic E-state index is 8.11. The lowest BCUT2D eigenvalue weighted by Crippen LogP contribution is -1.60. The molecule has 0 aliphatic carbocycles. The monoisotopic (exact) mass is 141 g/mol. The third kappa shape index (κ3) is 6.97. The zero-order valence-corrected chi connectivity index (χ0v) is 5.92. The summed E-state index contributed by atoms with van der Waals surface area (Å²) in [6.07, 6.45) is 0. The van der Waals surface area contributed by atoms with Crippen LogP contribution in [0.25, 0.3) is 0 Å². The molecule has 0 spiro atoms. The van der Waals surface area contributed by atoms with E-state index in [2.05, 4.69) is 29.6 Å². The van der Waals surface area contributed by atoms with E-state index in [9.17, 15) is 0 Å². The van der Waals surface area contributed by atoms with Gasteiger partial charge in [-0.1, -0.05) is 29.6 Å². The van der Waals surface area contributed by atoms with Gasteiger partial charge in [-0.3, -0.25) is 0 Å². The topological polar surface area (TPSA) is 49.7 Å². The summed E-state index contributed by atoms with van der Waals surface area (Å²) < 4.78 is 0. The van der Waals surface area contributed by atoms with Crippen molar-refractivity contribution in [3.63, 3.8) is 0 Å². The van der Waals surface area contributed by atoms with Gasteiger partial charge in [0, 0.05) is 9.12 Å². The highest BCUT2D eigenvalue weighted by Crippen LogP contribution is 1.73. The molecule has 0 bridgehead atoms. The van der Waals surface area contributed by atoms with E-state index in [4.69, 9.17) is 10.1 Å². The normalized spacial score (nSPS) is 6.67. The second-order valence-electron chi connectivity index (χ2n) is 1.24. The van der Waals surface area contributed by atoms with Crippen molar-refractivity contribution in [1.29, 1.82) is 0 Å². The second kappa shape index (κ2) is 6.97. The first-order chi connectivity index (χ1) is 4.41. The molecule has 1 aromatic heterocycles. The van der Waals surface area contributed by atoms with Gasteiger partial charge in [-0.05, 0) is 0 Å². The molecule has 4 heteroatoms. The van der Waals surface area contributed by atoms with Crippen LogP contribution in [-0.2, 0) is 0 Å². The summed E-state index contributed by atoms with van der Waals surface area (Å²) in [5.41, 5.74) is 4.42. The van der Waals surface area contributed by atoms with Crippen molar-refractivity contribution in [2.45, 2.75) is 0 Å². The van der Waals surface area contributed by atoms with Crippen molar-refractivity contribution in [3.05, 3.63) is 34.5 Å². The molecule has 1 N–H and O–H groups in total. The molecule has 0 aliphatic rings. The second-order valence-corrected chi connectivity index (χ2v) is 2.39. The number of nitrogens with zero attached hydrogens (tertiary/aromatic N) is 1. The quantitative estimate of drug-likeness (QED) is 0.331. The smallest absolute Gasteiger partial charge is 0.152 e. The van der Waals surface area contributed by atoms with Crippen molar-refractivity contribution in [2.75, 3.05) is 0 Å². The van der Waals surface area contributed by atoms with Crippen LogP contribution in [0.1, 0.15) is 0 Å². The first-order valence-electron chi connectivity index (χ1n) is 2.38. The van der Waals surface area contributed by atoms with Crippen molar-refractivity contribution >= 4 is 9.12 Å². The molecule has 0 atom stereocenters. The maximum atomic E-state index is 8.11. The third-order valence-electron chi connectivity index (χ3n) is 0.667. The SMILES string of the molecule is O=NO.c1cc[siH]cc1. The van der Waals surface area contributed by atoms with E-state index in [1.807, 2.05) is 0 Å². The molecule has 9 heavy (non-hydrogen) atoms. The minimum Gasteiger partial charge on any atom is -0.379 e. The van der Waals surface area contributed by atoms with Gasteiger partial charge in [0.1, 0.15) is 0 Å². The van der Waals surface area contributed by atoms with E-state index < -0.39 is 0 Å². The number of rotatable bonds is 0. The fraction of sp³-hybridized carbons (Fsp3) is 0. The minimum absolute atomic E-state index is 0.513. The van der Waals surface area contributed by atoms with E-state index in [1.165, 1.54) is 5.34 Å². The van der Waals surface area contributed by atoms with Crippen molar-refractivity contribution in [3.8, 4) is 0 Å². The summed E-state index contributed by atoms with van der Waals surface area (Å²) in [7, 11) is 0.513. The molecule has 0 amide bonds. The third-order valence-corrected chi connectivity index (χ3v) is 1.56. The maximum Gasteiger partial charge on any atom is 0.152 e. The van der Waals surface area contributed by atoms with Crippen LogP contribution in [0, 0.1) is 4.91 Å². The molecule has 1 aromatic rings. The Kier molecular flexibility index (Phi) is 6.17. The predicted octanol–water partition coefficient (Wildman–Crippen LogP) is 0.899. The highest BCUT2D eigenvalue weighted by molar-refractivity contribution is 6.26. The van der Waals surface area contributed by atoms with Gasteiger partial charge in [0.2, 0.25) is 0 Å². The van der Waals surface area contributed by atoms with Crippen molar-refractivity contribution < 1.29 is 5.21 Å². The van der Waals surface area contributed by atoms with Crippen molar-refractivity contribution in [2.24, 2.45) is 5.34 Å². The van der Waals surface area contributed by atoms with Gasteiger partial charge in [-0.15, -0.1) is 4.91 Å². The molecule has 0 aromatic carbocycles. The first kappa shape index (κ1) is 7.97. The molecule has 0 unspecified atom stereocenters. The predicted molar refractivity (Wildman–Crippen MR) is 36.8 cm³/mol. The lowest BCUT2D eigenvalue weighted by molar-refractivity contribution is 0.312. The molecule has 0 fully saturated rings. The Morgan fingerprint density at radius 2 is 1.67 bits per heavy atom. The van der Waals surface area contributed by atoms with E-state index in [0.717, 1.165) is 0 Å². The molecule has 1 rings (SSSR count). The molecule has 0 aliphatic heterocycles. The molecule has 3 nitrogen and oxygen atoms in total. The molecular weight excluding hydrogens is 134 g/mol. The Bertz CT molecular complexity index is 118. The Balaban J connectivity index is 0.000000187. The van der Waals surface area contributed by atoms with Gasteiger partial charge in [-0.2, -0.15) is 0 Å². The van der Waals surface area contributed by atoms with Crippen LogP contribution in [0.5, 0.6) is 0 Å². The van der Waals surface area contributed by atoms with E-state index in [-0.39, 0.29) is 0 Å². The van der Waals surface area contributed by atoms with E-state index in [1.54, 1.807) is 0 Å². The van der Waals surface area contributed by atoms with E-state index >= 15 is 0 Å². The zero-order valence-electron chi connectivity index (χ0n) is 4.77. The van der Waals surface area contributed by atoms with Crippen LogP contribution in [0.3, 0.4) is 0 Å². The number of hydrogen-bond donors (Lipinski definition) is 1. The zero-order chi connectivity index (χ0) is 6.95. The lowest BCUT2D eigenvalue weighted by atomic mass is 10.6. The van der Waals surface area contributed by atoms with Gasteiger partial charge in [0.15, 0.2) is 5.34 Å². The van der Waals surface area contributed by atoms with Crippen LogP contribution in [0.4, 0.5) is 0 Å². The van der Waals surface area contributed by atoms with Gasteiger partial charge in [0.05, 0.1) is 0 Å². The fourth-order valence-electron chi connectivity index (χ4n) is 0.385. The Hall–Kier alpha value is -1.03. The van der Waals surface area contributed by atoms with Crippen LogP contribution in [0.15, 0.2) is 34.9 Å². The Morgan fingerprint density at radius 3 is 1.78 bits per heavy atom. The molecule has 0 radical (unpaired) electrons. The summed E-state index contributed by atoms with van der Waals surface area (Å²) in [5, 5.41) is 7.89. The first-order valence-corrected chi connectivity index (χ1v) is 3.72. The molecule has 1 heterocycles. The van der Waals surface area contributed by atoms with Crippen LogP contribution in [-0.4, -0.2) is 14.3 Å². The fourth-order valence-corrected chi connectivity index (χ4v) is 1.03. The molecule has 48 valence electrons. The minimum atomic E-state index is 0.513. The molecule has 0 saturated heterocycles. The average Bonchev–Trinajstić information content (AvgIpc) is 1.93. The highest BCUT2D eigenvalue weighted by Gasteiger charge is 1.58. The van der Waals surface area contributed by atoms with Gasteiger partial charge < -0.3 is 5.21 Å². The summed E-state index contributed by atoms with van der Waals surface area (Å²) >= 11 is 0. The van der Waals surface area contributed by atoms with Crippen molar-refractivity contribution in [1.82, 2.24) is 0 Å². The number of hydrogen-bond acceptors (Lipinski definition) is 2. The van der Waals surface area contributed by atoms with E-state index in [0.29, 0.717) is 9.12 Å². The van der Waals surface area contributed by atoms with Crippen LogP contribution >= 0.6 is 0 Å². The summed E-state index contributed by atoms with van der Waals surface area (Å²) in [5.74, 6) is 0. The Labute approximate surface area is 55.0 Å². The largest absolute Gasteiger partial charge is 0.379 e. The van der Waals surface area contributed by atoms with Crippen LogP contribution in [0.2, 0.25) is 0 Å². The van der Waals surface area contributed by atoms with Crippen LogP contribution < -0.4 is 0 Å². The van der Waals surface area contributed by atoms with Gasteiger partial charge in [-0.25, -0.2) is 0 Å². The Morgan fingerprint density at radius 1 is 1.22 bits per heavy atom. The summed E-state index contributed by atoms with van der Waals surface area (Å²) in [6, 6.07) is 6.24.